The van der Waals surface area contributed by atoms with Gasteiger partial charge < -0.3 is 14.8 Å². The molecule has 0 bridgehead atoms. The molecule has 1 amide bonds. The minimum atomic E-state index is -0.339. The number of thioether (sulfide) groups is 1. The fraction of sp³-hybridized carbons (Fsp3) is 0.0833. The first kappa shape index (κ1) is 21.9. The summed E-state index contributed by atoms with van der Waals surface area (Å²) in [5.41, 5.74) is 1.74. The first-order chi connectivity index (χ1) is 15.5. The Hall–Kier alpha value is -3.29. The molecule has 0 saturated carbocycles. The molecule has 1 fully saturated rings. The molecule has 1 saturated heterocycles. The minimum absolute atomic E-state index is 0.0485. The van der Waals surface area contributed by atoms with Crippen LogP contribution in [0, 0.1) is 5.82 Å². The van der Waals surface area contributed by atoms with Crippen molar-refractivity contribution < 1.29 is 18.7 Å². The number of amides is 1. The number of nitrogens with one attached hydrogen (secondary N) is 1. The second-order valence-electron chi connectivity index (χ2n) is 6.72. The Bertz CT molecular complexity index is 1230. The van der Waals surface area contributed by atoms with Gasteiger partial charge in [-0.15, -0.1) is 0 Å². The molecule has 1 aliphatic rings. The Labute approximate surface area is 193 Å². The van der Waals surface area contributed by atoms with E-state index in [0.29, 0.717) is 37.8 Å². The van der Waals surface area contributed by atoms with Crippen molar-refractivity contribution >= 4 is 46.2 Å². The van der Waals surface area contributed by atoms with Gasteiger partial charge in [0.1, 0.15) is 12.4 Å². The van der Waals surface area contributed by atoms with E-state index in [2.05, 4.69) is 10.3 Å². The zero-order chi connectivity index (χ0) is 22.5. The van der Waals surface area contributed by atoms with Crippen LogP contribution in [-0.2, 0) is 11.4 Å². The molecular formula is C24H18ClFN2O3S. The fourth-order valence-corrected chi connectivity index (χ4v) is 3.96. The average molecular weight is 469 g/mol. The van der Waals surface area contributed by atoms with E-state index >= 15 is 0 Å². The number of rotatable bonds is 6. The van der Waals surface area contributed by atoms with Gasteiger partial charge in [0.2, 0.25) is 0 Å². The molecule has 0 radical (unpaired) electrons. The predicted octanol–water partition coefficient (Wildman–Crippen LogP) is 5.96. The molecule has 0 spiro atoms. The second-order valence-corrected chi connectivity index (χ2v) is 8.16. The highest BCUT2D eigenvalue weighted by Crippen LogP contribution is 2.33. The van der Waals surface area contributed by atoms with Crippen LogP contribution in [0.2, 0.25) is 5.02 Å². The normalized spacial score (nSPS) is 15.8. The van der Waals surface area contributed by atoms with Crippen LogP contribution in [0.25, 0.3) is 6.08 Å². The summed E-state index contributed by atoms with van der Waals surface area (Å²) in [5, 5.41) is 3.68. The summed E-state index contributed by atoms with van der Waals surface area (Å²) in [4.78, 5) is 17.3. The molecule has 1 aliphatic heterocycles. The zero-order valence-corrected chi connectivity index (χ0v) is 18.5. The number of carbonyl (C=O) groups is 1. The van der Waals surface area contributed by atoms with E-state index in [1.54, 1.807) is 54.6 Å². The zero-order valence-electron chi connectivity index (χ0n) is 17.0. The van der Waals surface area contributed by atoms with Crippen molar-refractivity contribution in [2.45, 2.75) is 6.61 Å². The van der Waals surface area contributed by atoms with Gasteiger partial charge in [0.15, 0.2) is 16.7 Å². The van der Waals surface area contributed by atoms with Crippen LogP contribution in [0.3, 0.4) is 0 Å². The van der Waals surface area contributed by atoms with Gasteiger partial charge in [-0.3, -0.25) is 4.79 Å². The Kier molecular flexibility index (Phi) is 6.78. The molecule has 4 rings (SSSR count). The van der Waals surface area contributed by atoms with Gasteiger partial charge in [-0.2, -0.15) is 0 Å². The maximum absolute atomic E-state index is 13.9. The number of aliphatic imine (C=N–C) groups is 1. The average Bonchev–Trinajstić information content (AvgIpc) is 3.13. The molecule has 0 aromatic heterocycles. The first-order valence-corrected chi connectivity index (χ1v) is 10.8. The lowest BCUT2D eigenvalue weighted by molar-refractivity contribution is -0.115. The van der Waals surface area contributed by atoms with Gasteiger partial charge in [-0.25, -0.2) is 9.38 Å². The standard InChI is InChI=1S/C24H18ClFN2O3S/c1-30-20-11-10-15(12-21(20)31-14-16-6-2-4-8-18(16)26)13-22-23(29)28-24(32-22)27-19-9-5-3-7-17(19)25/h2-13H,14H2,1H3,(H,27,28,29)/b22-13+. The summed E-state index contributed by atoms with van der Waals surface area (Å²) in [6.45, 7) is 0.0485. The number of ether oxygens (including phenoxy) is 2. The number of nitrogens with zero attached hydrogens (tertiary/aromatic N) is 1. The molecule has 0 atom stereocenters. The number of hydrogen-bond donors (Lipinski definition) is 1. The minimum Gasteiger partial charge on any atom is -0.493 e. The third kappa shape index (κ3) is 5.12. The largest absolute Gasteiger partial charge is 0.493 e. The SMILES string of the molecule is COc1ccc(/C=C2/SC(=Nc3ccccc3Cl)NC2=O)cc1OCc1ccccc1F. The van der Waals surface area contributed by atoms with E-state index in [1.807, 2.05) is 12.1 Å². The van der Waals surface area contributed by atoms with Gasteiger partial charge in [0.25, 0.3) is 5.91 Å². The summed E-state index contributed by atoms with van der Waals surface area (Å²) in [5.74, 6) is 0.353. The van der Waals surface area contributed by atoms with Crippen LogP contribution < -0.4 is 14.8 Å². The molecular weight excluding hydrogens is 451 g/mol. The molecule has 0 aliphatic carbocycles. The number of carbonyl (C=O) groups excluding carboxylic acids is 1. The number of halogens is 2. The summed E-state index contributed by atoms with van der Waals surface area (Å²) < 4.78 is 25.0. The van der Waals surface area contributed by atoms with Crippen molar-refractivity contribution in [3.05, 3.63) is 93.6 Å². The van der Waals surface area contributed by atoms with E-state index in [1.165, 1.54) is 24.9 Å². The van der Waals surface area contributed by atoms with E-state index in [-0.39, 0.29) is 18.3 Å². The number of methoxy groups -OCH3 is 1. The van der Waals surface area contributed by atoms with Gasteiger partial charge >= 0.3 is 0 Å². The van der Waals surface area contributed by atoms with E-state index in [0.717, 1.165) is 5.56 Å². The van der Waals surface area contributed by atoms with Crippen LogP contribution in [0.15, 0.2) is 76.6 Å². The van der Waals surface area contributed by atoms with Crippen LogP contribution in [0.4, 0.5) is 10.1 Å². The second kappa shape index (κ2) is 9.89. The molecule has 1 N–H and O–H groups in total. The lowest BCUT2D eigenvalue weighted by Crippen LogP contribution is -2.19. The highest BCUT2D eigenvalue weighted by molar-refractivity contribution is 8.18. The Morgan fingerprint density at radius 3 is 2.66 bits per heavy atom. The number of benzene rings is 3. The van der Waals surface area contributed by atoms with E-state index < -0.39 is 0 Å². The van der Waals surface area contributed by atoms with Crippen molar-refractivity contribution in [3.8, 4) is 11.5 Å². The molecule has 0 unspecified atom stereocenters. The van der Waals surface area contributed by atoms with Gasteiger partial charge in [0, 0.05) is 5.56 Å². The van der Waals surface area contributed by atoms with E-state index in [4.69, 9.17) is 21.1 Å². The van der Waals surface area contributed by atoms with E-state index in [9.17, 15) is 9.18 Å². The lowest BCUT2D eigenvalue weighted by Gasteiger charge is -2.12. The van der Waals surface area contributed by atoms with Crippen molar-refractivity contribution in [1.82, 2.24) is 5.32 Å². The van der Waals surface area contributed by atoms with Gasteiger partial charge in [0.05, 0.1) is 22.7 Å². The van der Waals surface area contributed by atoms with Crippen LogP contribution in [0.5, 0.6) is 11.5 Å². The third-order valence-corrected chi connectivity index (χ3v) is 5.78. The van der Waals surface area contributed by atoms with Crippen molar-refractivity contribution in [1.29, 1.82) is 0 Å². The van der Waals surface area contributed by atoms with Crippen molar-refractivity contribution in [3.63, 3.8) is 0 Å². The summed E-state index contributed by atoms with van der Waals surface area (Å²) in [6, 6.07) is 18.8. The molecule has 3 aromatic carbocycles. The maximum Gasteiger partial charge on any atom is 0.264 e. The molecule has 8 heteroatoms. The highest BCUT2D eigenvalue weighted by atomic mass is 35.5. The number of hydrogen-bond acceptors (Lipinski definition) is 5. The molecule has 32 heavy (non-hydrogen) atoms. The number of amidine groups is 1. The lowest BCUT2D eigenvalue weighted by atomic mass is 10.1. The van der Waals surface area contributed by atoms with Crippen LogP contribution in [-0.4, -0.2) is 18.2 Å². The molecule has 162 valence electrons. The Morgan fingerprint density at radius 2 is 1.88 bits per heavy atom. The van der Waals surface area contributed by atoms with Crippen molar-refractivity contribution in [2.24, 2.45) is 4.99 Å². The van der Waals surface area contributed by atoms with Gasteiger partial charge in [-0.1, -0.05) is 48.0 Å². The molecule has 1 heterocycles. The monoisotopic (exact) mass is 468 g/mol. The maximum atomic E-state index is 13.9. The fourth-order valence-electron chi connectivity index (χ4n) is 2.95. The van der Waals surface area contributed by atoms with Crippen LogP contribution >= 0.6 is 23.4 Å². The highest BCUT2D eigenvalue weighted by Gasteiger charge is 2.24. The number of para-hydroxylation sites is 1. The topological polar surface area (TPSA) is 59.9 Å². The van der Waals surface area contributed by atoms with Crippen molar-refractivity contribution in [2.75, 3.05) is 7.11 Å². The first-order valence-electron chi connectivity index (χ1n) is 9.62. The Balaban J connectivity index is 1.54. The molecule has 3 aromatic rings. The Morgan fingerprint density at radius 1 is 1.09 bits per heavy atom. The predicted molar refractivity (Wildman–Crippen MR) is 126 cm³/mol. The summed E-state index contributed by atoms with van der Waals surface area (Å²) in [7, 11) is 1.53. The molecule has 5 nitrogen and oxygen atoms in total. The summed E-state index contributed by atoms with van der Waals surface area (Å²) >= 11 is 7.36. The third-order valence-electron chi connectivity index (χ3n) is 4.55. The smallest absolute Gasteiger partial charge is 0.264 e. The van der Waals surface area contributed by atoms with Crippen LogP contribution in [0.1, 0.15) is 11.1 Å². The van der Waals surface area contributed by atoms with Gasteiger partial charge in [-0.05, 0) is 53.7 Å². The quantitative estimate of drug-likeness (QED) is 0.453. The summed E-state index contributed by atoms with van der Waals surface area (Å²) in [6.07, 6.45) is 1.73.